The van der Waals surface area contributed by atoms with Gasteiger partial charge in [0.05, 0.1) is 12.0 Å². The molecule has 0 unspecified atom stereocenters. The number of hydrogen-bond donors (Lipinski definition) is 1. The number of aliphatic carboxylic acids is 1. The van der Waals surface area contributed by atoms with Crippen LogP contribution in [0.25, 0.3) is 0 Å². The number of hydrogen-bond acceptors (Lipinski definition) is 5. The van der Waals surface area contributed by atoms with Gasteiger partial charge in [0, 0.05) is 18.9 Å². The Bertz CT molecular complexity index is 480. The summed E-state index contributed by atoms with van der Waals surface area (Å²) in [7, 11) is -2.20. The molecule has 1 N–H and O–H groups in total. The van der Waals surface area contributed by atoms with E-state index in [4.69, 9.17) is 4.74 Å². The predicted molar refractivity (Wildman–Crippen MR) is 57.8 cm³/mol. The Labute approximate surface area is 99.3 Å². The van der Waals surface area contributed by atoms with Crippen LogP contribution in [0.2, 0.25) is 0 Å². The molecule has 1 aromatic carbocycles. The van der Waals surface area contributed by atoms with Crippen LogP contribution in [-0.4, -0.2) is 28.0 Å². The fourth-order valence-corrected chi connectivity index (χ4v) is 2.16. The van der Waals surface area contributed by atoms with Crippen molar-refractivity contribution in [2.24, 2.45) is 0 Å². The lowest BCUT2D eigenvalue weighted by molar-refractivity contribution is -0.305. The molecule has 0 atom stereocenters. The van der Waals surface area contributed by atoms with Crippen LogP contribution in [0.4, 0.5) is 0 Å². The average molecular weight is 258 g/mol. The van der Waals surface area contributed by atoms with Crippen LogP contribution in [0.15, 0.2) is 29.2 Å². The molecule has 1 aromatic rings. The molecule has 0 bridgehead atoms. The molecule has 94 valence electrons. The fourth-order valence-electron chi connectivity index (χ4n) is 1.13. The van der Waals surface area contributed by atoms with Gasteiger partial charge in [-0.15, -0.1) is 0 Å². The molecular formula is C10H12NO5S-. The van der Waals surface area contributed by atoms with E-state index in [2.05, 4.69) is 4.72 Å². The van der Waals surface area contributed by atoms with Gasteiger partial charge in [-0.3, -0.25) is 0 Å². The van der Waals surface area contributed by atoms with Crippen LogP contribution in [0.1, 0.15) is 6.42 Å². The van der Waals surface area contributed by atoms with Crippen molar-refractivity contribution in [3.05, 3.63) is 24.3 Å². The molecule has 0 aliphatic carbocycles. The Morgan fingerprint density at radius 1 is 1.35 bits per heavy atom. The SMILES string of the molecule is COc1ccc(S(=O)(=O)NCCC(=O)[O-])cc1. The van der Waals surface area contributed by atoms with Crippen molar-refractivity contribution < 1.29 is 23.1 Å². The van der Waals surface area contributed by atoms with Gasteiger partial charge in [0.1, 0.15) is 5.75 Å². The molecule has 6 nitrogen and oxygen atoms in total. The van der Waals surface area contributed by atoms with Crippen molar-refractivity contribution >= 4 is 16.0 Å². The Kier molecular flexibility index (Phi) is 4.47. The zero-order valence-corrected chi connectivity index (χ0v) is 9.99. The molecule has 17 heavy (non-hydrogen) atoms. The summed E-state index contributed by atoms with van der Waals surface area (Å²) in [6.45, 7) is -0.198. The number of sulfonamides is 1. The van der Waals surface area contributed by atoms with Crippen molar-refractivity contribution in [3.63, 3.8) is 0 Å². The van der Waals surface area contributed by atoms with E-state index in [1.165, 1.54) is 31.4 Å². The summed E-state index contributed by atoms with van der Waals surface area (Å²) in [5, 5.41) is 10.1. The number of carbonyl (C=O) groups excluding carboxylic acids is 1. The third-order valence-electron chi connectivity index (χ3n) is 1.99. The van der Waals surface area contributed by atoms with E-state index in [1.807, 2.05) is 0 Å². The Hall–Kier alpha value is -1.60. The smallest absolute Gasteiger partial charge is 0.240 e. The molecule has 0 aromatic heterocycles. The number of benzene rings is 1. The maximum absolute atomic E-state index is 11.6. The Morgan fingerprint density at radius 3 is 2.41 bits per heavy atom. The highest BCUT2D eigenvalue weighted by Gasteiger charge is 2.12. The molecule has 0 saturated carbocycles. The molecule has 0 aliphatic heterocycles. The maximum atomic E-state index is 11.6. The van der Waals surface area contributed by atoms with E-state index in [0.717, 1.165) is 0 Å². The topological polar surface area (TPSA) is 95.5 Å². The lowest BCUT2D eigenvalue weighted by Crippen LogP contribution is -2.31. The van der Waals surface area contributed by atoms with Crippen molar-refractivity contribution in [2.75, 3.05) is 13.7 Å². The Morgan fingerprint density at radius 2 is 1.94 bits per heavy atom. The van der Waals surface area contributed by atoms with Crippen molar-refractivity contribution in [1.82, 2.24) is 4.72 Å². The summed E-state index contributed by atoms with van der Waals surface area (Å²) >= 11 is 0. The molecule has 0 spiro atoms. The molecular weight excluding hydrogens is 246 g/mol. The van der Waals surface area contributed by atoms with Crippen LogP contribution in [-0.2, 0) is 14.8 Å². The number of carboxylic acids is 1. The van der Waals surface area contributed by atoms with E-state index >= 15 is 0 Å². The van der Waals surface area contributed by atoms with Gasteiger partial charge in [0.25, 0.3) is 0 Å². The largest absolute Gasteiger partial charge is 0.550 e. The lowest BCUT2D eigenvalue weighted by atomic mass is 10.3. The van der Waals surface area contributed by atoms with E-state index in [9.17, 15) is 18.3 Å². The maximum Gasteiger partial charge on any atom is 0.240 e. The van der Waals surface area contributed by atoms with Gasteiger partial charge in [-0.2, -0.15) is 0 Å². The number of carboxylic acid groups (broad SMARTS) is 1. The first-order valence-corrected chi connectivity index (χ1v) is 6.27. The van der Waals surface area contributed by atoms with E-state index in [1.54, 1.807) is 0 Å². The van der Waals surface area contributed by atoms with Gasteiger partial charge < -0.3 is 14.6 Å². The molecule has 0 saturated heterocycles. The van der Waals surface area contributed by atoms with E-state index < -0.39 is 16.0 Å². The van der Waals surface area contributed by atoms with Gasteiger partial charge in [-0.1, -0.05) is 0 Å². The summed E-state index contributed by atoms with van der Waals surface area (Å²) in [6, 6.07) is 5.76. The number of nitrogens with one attached hydrogen (secondary N) is 1. The van der Waals surface area contributed by atoms with Crippen molar-refractivity contribution in [1.29, 1.82) is 0 Å². The van der Waals surface area contributed by atoms with E-state index in [-0.39, 0.29) is 17.9 Å². The first kappa shape index (κ1) is 13.5. The van der Waals surface area contributed by atoms with Crippen LogP contribution in [0, 0.1) is 0 Å². The second-order valence-electron chi connectivity index (χ2n) is 3.20. The zero-order valence-electron chi connectivity index (χ0n) is 9.17. The fraction of sp³-hybridized carbons (Fsp3) is 0.300. The summed E-state index contributed by atoms with van der Waals surface area (Å²) in [5.41, 5.74) is 0. The van der Waals surface area contributed by atoms with Gasteiger partial charge in [0.15, 0.2) is 0 Å². The predicted octanol–water partition coefficient (Wildman–Crippen LogP) is -0.886. The number of carbonyl (C=O) groups is 1. The minimum atomic E-state index is -3.68. The highest BCUT2D eigenvalue weighted by Crippen LogP contribution is 2.14. The second-order valence-corrected chi connectivity index (χ2v) is 4.96. The van der Waals surface area contributed by atoms with E-state index in [0.29, 0.717) is 5.75 Å². The average Bonchev–Trinajstić information content (AvgIpc) is 2.28. The van der Waals surface area contributed by atoms with Gasteiger partial charge in [-0.25, -0.2) is 13.1 Å². The number of rotatable bonds is 6. The number of ether oxygens (including phenoxy) is 1. The standard InChI is InChI=1S/C10H13NO5S/c1-16-8-2-4-9(5-3-8)17(14,15)11-7-6-10(12)13/h2-5,11H,6-7H2,1H3,(H,12,13)/p-1. The highest BCUT2D eigenvalue weighted by atomic mass is 32.2. The summed E-state index contributed by atoms with van der Waals surface area (Å²) in [5.74, 6) is -0.763. The molecule has 0 amide bonds. The first-order chi connectivity index (χ1) is 7.95. The molecule has 0 radical (unpaired) electrons. The summed E-state index contributed by atoms with van der Waals surface area (Å²) < 4.78 is 30.3. The quantitative estimate of drug-likeness (QED) is 0.714. The summed E-state index contributed by atoms with van der Waals surface area (Å²) in [6.07, 6.45) is -0.366. The van der Waals surface area contributed by atoms with Crippen LogP contribution < -0.4 is 14.6 Å². The first-order valence-electron chi connectivity index (χ1n) is 4.79. The highest BCUT2D eigenvalue weighted by molar-refractivity contribution is 7.89. The monoisotopic (exact) mass is 258 g/mol. The van der Waals surface area contributed by atoms with Crippen LogP contribution in [0.5, 0.6) is 5.75 Å². The van der Waals surface area contributed by atoms with Crippen molar-refractivity contribution in [2.45, 2.75) is 11.3 Å². The summed E-state index contributed by atoms with van der Waals surface area (Å²) in [4.78, 5) is 10.2. The second kappa shape index (κ2) is 5.65. The van der Waals surface area contributed by atoms with Crippen LogP contribution >= 0.6 is 0 Å². The molecule has 0 heterocycles. The number of methoxy groups -OCH3 is 1. The van der Waals surface area contributed by atoms with Crippen LogP contribution in [0.3, 0.4) is 0 Å². The Balaban J connectivity index is 2.72. The minimum absolute atomic E-state index is 0.0525. The molecule has 7 heteroatoms. The van der Waals surface area contributed by atoms with Gasteiger partial charge in [0.2, 0.25) is 10.0 Å². The van der Waals surface area contributed by atoms with Crippen molar-refractivity contribution in [3.8, 4) is 5.75 Å². The lowest BCUT2D eigenvalue weighted by Gasteiger charge is -2.07. The molecule has 0 fully saturated rings. The minimum Gasteiger partial charge on any atom is -0.550 e. The molecule has 1 rings (SSSR count). The molecule has 0 aliphatic rings. The third kappa shape index (κ3) is 4.04. The zero-order chi connectivity index (χ0) is 12.9. The normalized spacial score (nSPS) is 11.1. The van der Waals surface area contributed by atoms with Gasteiger partial charge in [-0.05, 0) is 24.3 Å². The third-order valence-corrected chi connectivity index (χ3v) is 3.47. The van der Waals surface area contributed by atoms with Gasteiger partial charge >= 0.3 is 0 Å².